The van der Waals surface area contributed by atoms with E-state index in [2.05, 4.69) is 244 Å². The first-order valence-corrected chi connectivity index (χ1v) is 27.6. The molecule has 4 nitrogen and oxygen atoms in total. The van der Waals surface area contributed by atoms with Crippen molar-refractivity contribution >= 4 is 95.9 Å². The van der Waals surface area contributed by atoms with E-state index in [9.17, 15) is 0 Å². The fourth-order valence-electron chi connectivity index (χ4n) is 12.2. The van der Waals surface area contributed by atoms with Crippen molar-refractivity contribution < 1.29 is 0 Å². The Balaban J connectivity index is 1.15. The number of rotatable bonds is 6. The molecule has 0 saturated heterocycles. The summed E-state index contributed by atoms with van der Waals surface area (Å²) in [5.41, 5.74) is 23.4. The predicted molar refractivity (Wildman–Crippen MR) is 312 cm³/mol. The van der Waals surface area contributed by atoms with Crippen LogP contribution in [0.25, 0.3) is 111 Å². The zero-order valence-electron chi connectivity index (χ0n) is 41.9. The fraction of sp³-hybridized carbons (Fsp3) is 0.154. The van der Waals surface area contributed by atoms with E-state index >= 15 is 0 Å². The maximum absolute atomic E-state index is 5.28. The number of aromatic nitrogens is 4. The van der Waals surface area contributed by atoms with Gasteiger partial charge in [-0.3, -0.25) is 4.57 Å². The molecule has 0 radical (unpaired) electrons. The van der Waals surface area contributed by atoms with Crippen LogP contribution >= 0.6 is 23.5 Å². The molecule has 0 fully saturated rings. The maximum atomic E-state index is 5.28. The van der Waals surface area contributed by atoms with Crippen molar-refractivity contribution in [2.24, 2.45) is 0 Å². The van der Waals surface area contributed by atoms with Crippen LogP contribution in [0.2, 0.25) is 0 Å². The van der Waals surface area contributed by atoms with Gasteiger partial charge in [-0.05, 0) is 158 Å². The van der Waals surface area contributed by atoms with Crippen LogP contribution in [-0.4, -0.2) is 38.0 Å². The van der Waals surface area contributed by atoms with E-state index in [1.54, 1.807) is 0 Å². The van der Waals surface area contributed by atoms with E-state index in [-0.39, 0.29) is 17.7 Å². The number of nitrogens with zero attached hydrogens (tertiary/aromatic N) is 4. The Hall–Kier alpha value is -7.19. The molecule has 0 bridgehead atoms. The van der Waals surface area contributed by atoms with E-state index in [0.717, 1.165) is 28.1 Å². The Bertz CT molecular complexity index is 4240. The largest absolute Gasteiger partial charge is 0.375 e. The highest BCUT2D eigenvalue weighted by Gasteiger charge is 2.44. The third-order valence-electron chi connectivity index (χ3n) is 15.7. The molecule has 12 aromatic rings. The summed E-state index contributed by atoms with van der Waals surface area (Å²) in [6.45, 7) is 14.0. The summed E-state index contributed by atoms with van der Waals surface area (Å²) in [6, 6.07) is 66.6. The number of hydrogen-bond donors (Lipinski definition) is 0. The van der Waals surface area contributed by atoms with E-state index < -0.39 is 0 Å². The van der Waals surface area contributed by atoms with Gasteiger partial charge < -0.3 is 9.05 Å². The van der Waals surface area contributed by atoms with E-state index in [4.69, 9.17) is 4.98 Å². The molecule has 2 aliphatic heterocycles. The van der Waals surface area contributed by atoms with Crippen molar-refractivity contribution in [3.05, 3.63) is 187 Å². The summed E-state index contributed by atoms with van der Waals surface area (Å²) in [7, 11) is 0. The van der Waals surface area contributed by atoms with Crippen LogP contribution in [0.5, 0.6) is 0 Å². The summed E-state index contributed by atoms with van der Waals surface area (Å²) >= 11 is 3.66. The lowest BCUT2D eigenvalue weighted by Gasteiger charge is -2.37. The van der Waals surface area contributed by atoms with Crippen molar-refractivity contribution in [1.29, 1.82) is 0 Å². The van der Waals surface area contributed by atoms with Crippen LogP contribution in [0, 0.1) is 0 Å². The number of imidazole rings is 1. The van der Waals surface area contributed by atoms with Gasteiger partial charge in [-0.15, -0.1) is 23.5 Å². The second-order valence-electron chi connectivity index (χ2n) is 21.9. The molecule has 72 heavy (non-hydrogen) atoms. The zero-order chi connectivity index (χ0) is 48.9. The van der Waals surface area contributed by atoms with Gasteiger partial charge in [-0.1, -0.05) is 133 Å². The molecule has 5 heterocycles. The van der Waals surface area contributed by atoms with Gasteiger partial charge in [0.15, 0.2) is 0 Å². The van der Waals surface area contributed by atoms with E-state index in [1.807, 2.05) is 23.5 Å². The van der Waals surface area contributed by atoms with Crippen LogP contribution in [0.4, 0.5) is 0 Å². The maximum Gasteiger partial charge on any atom is 0.333 e. The third kappa shape index (κ3) is 6.26. The Kier molecular flexibility index (Phi) is 9.48. The molecule has 0 N–H and O–H groups in total. The van der Waals surface area contributed by atoms with Crippen molar-refractivity contribution in [1.82, 2.24) is 18.6 Å². The van der Waals surface area contributed by atoms with Gasteiger partial charge in [0.05, 0.1) is 22.1 Å². The lowest BCUT2D eigenvalue weighted by Crippen LogP contribution is -2.55. The van der Waals surface area contributed by atoms with Gasteiger partial charge in [-0.25, -0.2) is 4.98 Å². The molecule has 14 rings (SSSR count). The van der Waals surface area contributed by atoms with Crippen LogP contribution in [0.15, 0.2) is 186 Å². The fourth-order valence-corrected chi connectivity index (χ4v) is 13.1. The molecule has 0 spiro atoms. The molecule has 0 amide bonds. The average molecular weight is 965 g/mol. The Morgan fingerprint density at radius 3 is 1.83 bits per heavy atom. The van der Waals surface area contributed by atoms with Crippen LogP contribution in [-0.2, 0) is 10.8 Å². The monoisotopic (exact) mass is 964 g/mol. The minimum absolute atomic E-state index is 0.0112. The van der Waals surface area contributed by atoms with Crippen LogP contribution < -0.4 is 10.9 Å². The normalized spacial score (nSPS) is 13.1. The van der Waals surface area contributed by atoms with Gasteiger partial charge in [-0.2, -0.15) is 0 Å². The lowest BCUT2D eigenvalue weighted by atomic mass is 9.45. The van der Waals surface area contributed by atoms with Gasteiger partial charge in [0, 0.05) is 64.9 Å². The predicted octanol–water partition coefficient (Wildman–Crippen LogP) is 16.2. The average Bonchev–Trinajstić information content (AvgIpc) is 4.06. The lowest BCUT2D eigenvalue weighted by molar-refractivity contribution is 0.590. The van der Waals surface area contributed by atoms with Crippen LogP contribution in [0.3, 0.4) is 0 Å². The topological polar surface area (TPSA) is 27.7 Å². The Labute approximate surface area is 429 Å². The van der Waals surface area contributed by atoms with Crippen molar-refractivity contribution in [3.63, 3.8) is 0 Å². The second-order valence-corrected chi connectivity index (χ2v) is 23.7. The summed E-state index contributed by atoms with van der Waals surface area (Å²) < 4.78 is 7.68. The van der Waals surface area contributed by atoms with Crippen molar-refractivity contribution in [3.8, 4) is 56.1 Å². The highest BCUT2D eigenvalue weighted by atomic mass is 32.2. The first-order chi connectivity index (χ1) is 34.9. The molecule has 7 heteroatoms. The number of thioether (sulfide) groups is 2. The summed E-state index contributed by atoms with van der Waals surface area (Å²) in [5, 5.41) is 5.26. The van der Waals surface area contributed by atoms with Gasteiger partial charge >= 0.3 is 6.85 Å². The first kappa shape index (κ1) is 43.6. The van der Waals surface area contributed by atoms with Gasteiger partial charge in [0.25, 0.3) is 0 Å². The highest BCUT2D eigenvalue weighted by molar-refractivity contribution is 7.98. The molecule has 0 saturated carbocycles. The number of benzene rings is 9. The smallest absolute Gasteiger partial charge is 0.333 e. The molecule has 3 aromatic heterocycles. The molecular formula is C65H53BN4S2. The number of hydrogen-bond acceptors (Lipinski definition) is 3. The Morgan fingerprint density at radius 2 is 1.10 bits per heavy atom. The second kappa shape index (κ2) is 15.7. The minimum atomic E-state index is -0.105. The van der Waals surface area contributed by atoms with Gasteiger partial charge in [0.1, 0.15) is 5.82 Å². The summed E-state index contributed by atoms with van der Waals surface area (Å²) in [6.07, 6.45) is 4.42. The van der Waals surface area contributed by atoms with E-state index in [0.29, 0.717) is 0 Å². The minimum Gasteiger partial charge on any atom is -0.375 e. The SMILES string of the molecule is CSc1ccc2c(c1)c1cc(SC)cc3c1n2-c1cc(-c2ccc(-c4nc5ccccc5n4-c4ccccc4)cc2)c(-c2ccccc2)c2c1B3n1c3ccc(C(C)(C)C)cc3c3cc(C(C)(C)C)cc-2c31. The molecule has 2 aliphatic rings. The molecule has 0 aliphatic carbocycles. The van der Waals surface area contributed by atoms with E-state index in [1.165, 1.54) is 115 Å². The summed E-state index contributed by atoms with van der Waals surface area (Å²) in [4.78, 5) is 7.84. The summed E-state index contributed by atoms with van der Waals surface area (Å²) in [5.74, 6) is 0.927. The molecular weight excluding hydrogens is 912 g/mol. The molecule has 9 aromatic carbocycles. The molecule has 0 unspecified atom stereocenters. The first-order valence-electron chi connectivity index (χ1n) is 25.1. The quantitative estimate of drug-likeness (QED) is 0.123. The molecule has 348 valence electrons. The third-order valence-corrected chi connectivity index (χ3v) is 17.1. The van der Waals surface area contributed by atoms with Gasteiger partial charge in [0.2, 0.25) is 0 Å². The number of para-hydroxylation sites is 3. The highest BCUT2D eigenvalue weighted by Crippen LogP contribution is 2.51. The zero-order valence-corrected chi connectivity index (χ0v) is 43.6. The van der Waals surface area contributed by atoms with Crippen molar-refractivity contribution in [2.75, 3.05) is 12.5 Å². The standard InChI is InChI=1S/C65H53BN4S2/c1-64(2,3)41-27-29-55-47(31-41)49-32-42(65(4,5)6)33-51-59-58(39-17-11-9-12-18-39)46(38-23-25-40(26-24-38)63-67-53-21-15-16-22-56(53)68(63)43-19-13-10-14-20-43)37-57-60(59)66(70(55)61(49)51)52-36-45(72-8)35-50-48-34-44(71-7)28-30-54(48)69(57)62(50)52/h9-37H,1-8H3. The Morgan fingerprint density at radius 1 is 0.458 bits per heavy atom. The van der Waals surface area contributed by atoms with Crippen molar-refractivity contribution in [2.45, 2.75) is 62.2 Å². The van der Waals surface area contributed by atoms with Crippen LogP contribution in [0.1, 0.15) is 52.7 Å². The number of fused-ring (bicyclic) bond motifs is 11. The molecule has 0 atom stereocenters.